The molecule has 1 aromatic carbocycles. The molecule has 0 bridgehead atoms. The lowest BCUT2D eigenvalue weighted by atomic mass is 10.1. The maximum atomic E-state index is 12.1. The van der Waals surface area contributed by atoms with Crippen LogP contribution in [0.25, 0.3) is 0 Å². The van der Waals surface area contributed by atoms with Crippen LogP contribution in [0.15, 0.2) is 18.2 Å². The van der Waals surface area contributed by atoms with Crippen LogP contribution in [0, 0.1) is 6.92 Å². The number of nitrogens with one attached hydrogen (secondary N) is 2. The zero-order valence-electron chi connectivity index (χ0n) is 16.7. The molecular weight excluding hydrogens is 364 g/mol. The van der Waals surface area contributed by atoms with Gasteiger partial charge in [0, 0.05) is 57.6 Å². The van der Waals surface area contributed by atoms with Crippen molar-refractivity contribution in [2.75, 3.05) is 64.1 Å². The molecule has 0 spiro atoms. The Morgan fingerprint density at radius 1 is 1.18 bits per heavy atom. The zero-order valence-corrected chi connectivity index (χ0v) is 16.7. The van der Waals surface area contributed by atoms with Crippen LogP contribution >= 0.6 is 0 Å². The molecule has 0 unspecified atom stereocenters. The van der Waals surface area contributed by atoms with Crippen molar-refractivity contribution in [1.82, 2.24) is 9.80 Å². The summed E-state index contributed by atoms with van der Waals surface area (Å²) in [6.07, 6.45) is 0.481. The second-order valence-corrected chi connectivity index (χ2v) is 6.56. The standard InChI is InChI=1S/C18H28N4O3.CH2O2/c1-14-12-15(4-5-16(14)20-18(24)13-25-3)19-17(23)6-7-22-10-8-21(2)9-11-22;2-1-3/h4-5,12H,6-11,13H2,1-3H3,(H,19,23)(H,20,24);1H,(H,2,3). The molecule has 0 atom stereocenters. The number of anilines is 2. The van der Waals surface area contributed by atoms with Gasteiger partial charge in [0.2, 0.25) is 11.8 Å². The van der Waals surface area contributed by atoms with E-state index in [0.29, 0.717) is 6.42 Å². The van der Waals surface area contributed by atoms with Crippen molar-refractivity contribution in [3.05, 3.63) is 23.8 Å². The number of amides is 2. The Kier molecular flexibility index (Phi) is 10.8. The summed E-state index contributed by atoms with van der Waals surface area (Å²) in [7, 11) is 3.60. The van der Waals surface area contributed by atoms with Gasteiger partial charge in [0.25, 0.3) is 6.47 Å². The van der Waals surface area contributed by atoms with Crippen LogP contribution in [0.5, 0.6) is 0 Å². The minimum absolute atomic E-state index is 0.00879. The number of hydrogen-bond acceptors (Lipinski definition) is 6. The van der Waals surface area contributed by atoms with E-state index >= 15 is 0 Å². The van der Waals surface area contributed by atoms with E-state index in [-0.39, 0.29) is 24.9 Å². The summed E-state index contributed by atoms with van der Waals surface area (Å²) in [5.74, 6) is -0.191. The Morgan fingerprint density at radius 2 is 1.82 bits per heavy atom. The van der Waals surface area contributed by atoms with Gasteiger partial charge in [0.05, 0.1) is 0 Å². The molecule has 1 saturated heterocycles. The van der Waals surface area contributed by atoms with E-state index in [1.165, 1.54) is 7.11 Å². The quantitative estimate of drug-likeness (QED) is 0.588. The number of methoxy groups -OCH3 is 1. The Labute approximate surface area is 165 Å². The molecule has 1 fully saturated rings. The number of likely N-dealkylation sites (N-methyl/N-ethyl adjacent to an activating group) is 1. The average Bonchev–Trinajstić information content (AvgIpc) is 2.64. The van der Waals surface area contributed by atoms with Crippen molar-refractivity contribution < 1.29 is 24.2 Å². The first-order valence-corrected chi connectivity index (χ1v) is 9.07. The van der Waals surface area contributed by atoms with Crippen molar-refractivity contribution in [3.63, 3.8) is 0 Å². The predicted octanol–water partition coefficient (Wildman–Crippen LogP) is 0.857. The summed E-state index contributed by atoms with van der Waals surface area (Å²) in [6.45, 7) is 6.57. The van der Waals surface area contributed by atoms with Gasteiger partial charge in [-0.2, -0.15) is 0 Å². The molecule has 0 aromatic heterocycles. The lowest BCUT2D eigenvalue weighted by molar-refractivity contribution is -0.123. The van der Waals surface area contributed by atoms with Crippen LogP contribution in [0.3, 0.4) is 0 Å². The molecule has 1 aliphatic heterocycles. The summed E-state index contributed by atoms with van der Waals surface area (Å²) >= 11 is 0. The first kappa shape index (κ1) is 23.5. The number of rotatable bonds is 7. The van der Waals surface area contributed by atoms with E-state index in [9.17, 15) is 9.59 Å². The molecule has 1 heterocycles. The Hall–Kier alpha value is -2.49. The van der Waals surface area contributed by atoms with Gasteiger partial charge in [0.15, 0.2) is 0 Å². The Morgan fingerprint density at radius 3 is 2.39 bits per heavy atom. The van der Waals surface area contributed by atoms with Gasteiger partial charge in [-0.1, -0.05) is 0 Å². The van der Waals surface area contributed by atoms with E-state index in [0.717, 1.165) is 49.7 Å². The molecule has 9 nitrogen and oxygen atoms in total. The molecule has 9 heteroatoms. The molecule has 2 rings (SSSR count). The van der Waals surface area contributed by atoms with E-state index in [1.807, 2.05) is 13.0 Å². The van der Waals surface area contributed by atoms with E-state index in [4.69, 9.17) is 14.6 Å². The third kappa shape index (κ3) is 8.94. The molecule has 0 radical (unpaired) electrons. The highest BCUT2D eigenvalue weighted by Gasteiger charge is 2.15. The van der Waals surface area contributed by atoms with Gasteiger partial charge in [-0.15, -0.1) is 0 Å². The fourth-order valence-corrected chi connectivity index (χ4v) is 2.75. The highest BCUT2D eigenvalue weighted by molar-refractivity contribution is 5.94. The number of benzene rings is 1. The number of ether oxygens (including phenoxy) is 1. The second-order valence-electron chi connectivity index (χ2n) is 6.56. The SMILES string of the molecule is COCC(=O)Nc1ccc(NC(=O)CCN2CCN(C)CC2)cc1C.O=CO. The predicted molar refractivity (Wildman–Crippen MR) is 108 cm³/mol. The van der Waals surface area contributed by atoms with Gasteiger partial charge < -0.3 is 30.3 Å². The molecule has 1 aromatic rings. The normalized spacial score (nSPS) is 14.5. The fourth-order valence-electron chi connectivity index (χ4n) is 2.75. The summed E-state index contributed by atoms with van der Waals surface area (Å²) in [4.78, 5) is 36.7. The second kappa shape index (κ2) is 12.8. The van der Waals surface area contributed by atoms with Crippen LogP contribution in [0.4, 0.5) is 11.4 Å². The van der Waals surface area contributed by atoms with Crippen molar-refractivity contribution in [2.24, 2.45) is 0 Å². The van der Waals surface area contributed by atoms with Crippen molar-refractivity contribution in [1.29, 1.82) is 0 Å². The van der Waals surface area contributed by atoms with Gasteiger partial charge >= 0.3 is 0 Å². The summed E-state index contributed by atoms with van der Waals surface area (Å²) < 4.78 is 4.80. The third-order valence-corrected chi connectivity index (χ3v) is 4.31. The molecular formula is C19H30N4O5. The van der Waals surface area contributed by atoms with E-state index < -0.39 is 0 Å². The average molecular weight is 394 g/mol. The Balaban J connectivity index is 0.00000122. The number of aryl methyl sites for hydroxylation is 1. The van der Waals surface area contributed by atoms with Gasteiger partial charge in [-0.25, -0.2) is 0 Å². The largest absolute Gasteiger partial charge is 0.483 e. The molecule has 1 aliphatic rings. The van der Waals surface area contributed by atoms with E-state index in [2.05, 4.69) is 27.5 Å². The topological polar surface area (TPSA) is 111 Å². The summed E-state index contributed by atoms with van der Waals surface area (Å²) in [5, 5.41) is 12.6. The van der Waals surface area contributed by atoms with Crippen LogP contribution in [-0.4, -0.2) is 86.7 Å². The first-order valence-electron chi connectivity index (χ1n) is 9.07. The molecule has 0 aliphatic carbocycles. The zero-order chi connectivity index (χ0) is 20.9. The molecule has 28 heavy (non-hydrogen) atoms. The maximum absolute atomic E-state index is 12.1. The van der Waals surface area contributed by atoms with Crippen LogP contribution in [-0.2, 0) is 19.1 Å². The summed E-state index contributed by atoms with van der Waals surface area (Å²) in [5.41, 5.74) is 2.35. The van der Waals surface area contributed by atoms with Crippen LogP contribution in [0.1, 0.15) is 12.0 Å². The van der Waals surface area contributed by atoms with Gasteiger partial charge in [-0.3, -0.25) is 14.4 Å². The molecule has 156 valence electrons. The van der Waals surface area contributed by atoms with Crippen molar-refractivity contribution in [2.45, 2.75) is 13.3 Å². The van der Waals surface area contributed by atoms with Crippen LogP contribution in [0.2, 0.25) is 0 Å². The van der Waals surface area contributed by atoms with Crippen molar-refractivity contribution in [3.8, 4) is 0 Å². The number of nitrogens with zero attached hydrogens (tertiary/aromatic N) is 2. The Bertz CT molecular complexity index is 645. The molecule has 3 N–H and O–H groups in total. The summed E-state index contributed by atoms with van der Waals surface area (Å²) in [6, 6.07) is 5.44. The maximum Gasteiger partial charge on any atom is 0.290 e. The monoisotopic (exact) mass is 394 g/mol. The highest BCUT2D eigenvalue weighted by Crippen LogP contribution is 2.20. The molecule has 0 saturated carbocycles. The van der Waals surface area contributed by atoms with E-state index in [1.54, 1.807) is 12.1 Å². The highest BCUT2D eigenvalue weighted by atomic mass is 16.5. The number of carbonyl (C=O) groups excluding carboxylic acids is 2. The minimum Gasteiger partial charge on any atom is -0.483 e. The molecule has 2 amide bonds. The first-order chi connectivity index (χ1) is 13.4. The number of carbonyl (C=O) groups is 3. The third-order valence-electron chi connectivity index (χ3n) is 4.31. The van der Waals surface area contributed by atoms with Gasteiger partial charge in [-0.05, 0) is 37.7 Å². The van der Waals surface area contributed by atoms with Crippen LogP contribution < -0.4 is 10.6 Å². The lowest BCUT2D eigenvalue weighted by Gasteiger charge is -2.32. The number of carboxylic acid groups (broad SMARTS) is 1. The number of hydrogen-bond donors (Lipinski definition) is 3. The van der Waals surface area contributed by atoms with Crippen molar-refractivity contribution >= 4 is 29.7 Å². The fraction of sp³-hybridized carbons (Fsp3) is 0.526. The smallest absolute Gasteiger partial charge is 0.290 e. The lowest BCUT2D eigenvalue weighted by Crippen LogP contribution is -2.45. The number of piperazine rings is 1. The minimum atomic E-state index is -0.250. The van der Waals surface area contributed by atoms with Gasteiger partial charge in [0.1, 0.15) is 6.61 Å².